The van der Waals surface area contributed by atoms with Gasteiger partial charge in [-0.2, -0.15) is 5.10 Å². The number of amides is 1. The molecular formula is C24H24N6O2. The number of anilines is 1. The molecule has 162 valence electrons. The molecule has 0 aliphatic carbocycles. The van der Waals surface area contributed by atoms with Crippen molar-refractivity contribution in [1.82, 2.24) is 25.1 Å². The second-order valence-electron chi connectivity index (χ2n) is 7.94. The van der Waals surface area contributed by atoms with E-state index in [2.05, 4.69) is 36.4 Å². The Labute approximate surface area is 185 Å². The number of hydrogen-bond donors (Lipinski definition) is 2. The first kappa shape index (κ1) is 20.1. The van der Waals surface area contributed by atoms with Gasteiger partial charge in [0.2, 0.25) is 5.88 Å². The van der Waals surface area contributed by atoms with Gasteiger partial charge in [0.1, 0.15) is 0 Å². The van der Waals surface area contributed by atoms with Crippen molar-refractivity contribution in [3.8, 4) is 17.0 Å². The molecule has 1 aromatic carbocycles. The van der Waals surface area contributed by atoms with Gasteiger partial charge >= 0.3 is 0 Å². The molecule has 4 aromatic rings. The Balaban J connectivity index is 1.40. The molecule has 1 aliphatic heterocycles. The largest absolute Gasteiger partial charge is 0.481 e. The summed E-state index contributed by atoms with van der Waals surface area (Å²) in [6.07, 6.45) is 7.87. The Morgan fingerprint density at radius 2 is 1.97 bits per heavy atom. The summed E-state index contributed by atoms with van der Waals surface area (Å²) in [5.41, 5.74) is 4.92. The summed E-state index contributed by atoms with van der Waals surface area (Å²) in [4.78, 5) is 23.9. The Kier molecular flexibility index (Phi) is 5.51. The lowest BCUT2D eigenvalue weighted by Gasteiger charge is -2.14. The fourth-order valence-corrected chi connectivity index (χ4v) is 4.06. The van der Waals surface area contributed by atoms with E-state index < -0.39 is 0 Å². The molecule has 0 unspecified atom stereocenters. The zero-order valence-electron chi connectivity index (χ0n) is 17.8. The molecule has 1 amide bonds. The van der Waals surface area contributed by atoms with Crippen LogP contribution in [-0.4, -0.2) is 51.2 Å². The number of likely N-dealkylation sites (tertiary alicyclic amines) is 1. The van der Waals surface area contributed by atoms with Crippen molar-refractivity contribution in [3.05, 3.63) is 66.2 Å². The fourth-order valence-electron chi connectivity index (χ4n) is 4.06. The Hall–Kier alpha value is -3.78. The van der Waals surface area contributed by atoms with Gasteiger partial charge in [-0.15, -0.1) is 0 Å². The van der Waals surface area contributed by atoms with Crippen molar-refractivity contribution in [2.45, 2.75) is 19.4 Å². The standard InChI is InChI=1S/C24H24N6O2/c1-32-22-7-5-19(14-26-22)27-24(31)23-20-11-17(4-6-21(20)28-29-23)18-10-16(12-25-13-18)15-30-8-2-3-9-30/h4-7,10-14H,2-3,8-9,15H2,1H3,(H,27,31)(H,28,29). The van der Waals surface area contributed by atoms with Crippen LogP contribution in [0.4, 0.5) is 5.69 Å². The molecule has 1 saturated heterocycles. The van der Waals surface area contributed by atoms with E-state index >= 15 is 0 Å². The summed E-state index contributed by atoms with van der Waals surface area (Å²) in [5.74, 6) is 0.180. The highest BCUT2D eigenvalue weighted by atomic mass is 16.5. The summed E-state index contributed by atoms with van der Waals surface area (Å²) >= 11 is 0. The van der Waals surface area contributed by atoms with Crippen LogP contribution in [0.25, 0.3) is 22.0 Å². The van der Waals surface area contributed by atoms with Crippen molar-refractivity contribution in [2.24, 2.45) is 0 Å². The number of carbonyl (C=O) groups excluding carboxylic acids is 1. The number of hydrogen-bond acceptors (Lipinski definition) is 6. The molecule has 4 heterocycles. The summed E-state index contributed by atoms with van der Waals surface area (Å²) in [6, 6.07) is 11.6. The highest BCUT2D eigenvalue weighted by molar-refractivity contribution is 6.11. The van der Waals surface area contributed by atoms with Crippen LogP contribution in [-0.2, 0) is 6.54 Å². The minimum Gasteiger partial charge on any atom is -0.481 e. The molecular weight excluding hydrogens is 404 g/mol. The number of benzene rings is 1. The quantitative estimate of drug-likeness (QED) is 0.484. The molecule has 8 nitrogen and oxygen atoms in total. The molecule has 0 radical (unpaired) electrons. The van der Waals surface area contributed by atoms with E-state index in [0.717, 1.165) is 41.7 Å². The second-order valence-corrected chi connectivity index (χ2v) is 7.94. The minimum absolute atomic E-state index is 0.304. The molecule has 32 heavy (non-hydrogen) atoms. The summed E-state index contributed by atoms with van der Waals surface area (Å²) in [5, 5.41) is 10.8. The molecule has 1 aliphatic rings. The van der Waals surface area contributed by atoms with Crippen LogP contribution in [0.1, 0.15) is 28.9 Å². The van der Waals surface area contributed by atoms with Crippen LogP contribution in [0, 0.1) is 0 Å². The smallest absolute Gasteiger partial charge is 0.276 e. The molecule has 0 atom stereocenters. The van der Waals surface area contributed by atoms with E-state index in [1.165, 1.54) is 18.4 Å². The maximum atomic E-state index is 12.9. The second kappa shape index (κ2) is 8.76. The molecule has 0 saturated carbocycles. The SMILES string of the molecule is COc1ccc(NC(=O)c2n[nH]c3ccc(-c4cncc(CN5CCCC5)c4)cc23)cn1. The first-order chi connectivity index (χ1) is 15.7. The first-order valence-electron chi connectivity index (χ1n) is 10.7. The van der Waals surface area contributed by atoms with Crippen LogP contribution in [0.2, 0.25) is 0 Å². The van der Waals surface area contributed by atoms with E-state index in [4.69, 9.17) is 4.74 Å². The fraction of sp³-hybridized carbons (Fsp3) is 0.250. The predicted octanol–water partition coefficient (Wildman–Crippen LogP) is 3.88. The van der Waals surface area contributed by atoms with Crippen molar-refractivity contribution in [2.75, 3.05) is 25.5 Å². The summed E-state index contributed by atoms with van der Waals surface area (Å²) in [6.45, 7) is 3.21. The maximum absolute atomic E-state index is 12.9. The number of H-pyrrole nitrogens is 1. The van der Waals surface area contributed by atoms with Crippen LogP contribution < -0.4 is 10.1 Å². The number of nitrogens with one attached hydrogen (secondary N) is 2. The van der Waals surface area contributed by atoms with Gasteiger partial charge < -0.3 is 10.1 Å². The third-order valence-corrected chi connectivity index (χ3v) is 5.71. The van der Waals surface area contributed by atoms with Gasteiger partial charge in [0.15, 0.2) is 5.69 Å². The Morgan fingerprint density at radius 3 is 2.75 bits per heavy atom. The highest BCUT2D eigenvalue weighted by Gasteiger charge is 2.16. The van der Waals surface area contributed by atoms with E-state index in [-0.39, 0.29) is 5.91 Å². The summed E-state index contributed by atoms with van der Waals surface area (Å²) < 4.78 is 5.06. The van der Waals surface area contributed by atoms with Gasteiger partial charge in [0.25, 0.3) is 5.91 Å². The minimum atomic E-state index is -0.304. The number of aromatic nitrogens is 4. The zero-order valence-corrected chi connectivity index (χ0v) is 17.8. The number of ether oxygens (including phenoxy) is 1. The normalized spacial score (nSPS) is 14.0. The van der Waals surface area contributed by atoms with Gasteiger partial charge in [0.05, 0.1) is 24.5 Å². The van der Waals surface area contributed by atoms with Gasteiger partial charge in [-0.1, -0.05) is 6.07 Å². The Morgan fingerprint density at radius 1 is 1.09 bits per heavy atom. The van der Waals surface area contributed by atoms with Crippen molar-refractivity contribution in [3.63, 3.8) is 0 Å². The zero-order chi connectivity index (χ0) is 21.9. The number of carbonyl (C=O) groups is 1. The number of nitrogens with zero attached hydrogens (tertiary/aromatic N) is 4. The number of pyridine rings is 2. The lowest BCUT2D eigenvalue weighted by molar-refractivity contribution is 0.102. The predicted molar refractivity (Wildman–Crippen MR) is 123 cm³/mol. The average Bonchev–Trinajstić information content (AvgIpc) is 3.49. The van der Waals surface area contributed by atoms with Gasteiger partial charge in [-0.25, -0.2) is 4.98 Å². The molecule has 0 bridgehead atoms. The molecule has 8 heteroatoms. The number of aromatic amines is 1. The van der Waals surface area contributed by atoms with E-state index in [1.807, 2.05) is 30.6 Å². The third kappa shape index (κ3) is 4.17. The first-order valence-corrected chi connectivity index (χ1v) is 10.7. The van der Waals surface area contributed by atoms with Crippen LogP contribution in [0.3, 0.4) is 0 Å². The molecule has 0 spiro atoms. The number of methoxy groups -OCH3 is 1. The highest BCUT2D eigenvalue weighted by Crippen LogP contribution is 2.27. The van der Waals surface area contributed by atoms with Gasteiger partial charge in [-0.05, 0) is 61.3 Å². The Bertz CT molecular complexity index is 1250. The molecule has 3 aromatic heterocycles. The number of rotatable bonds is 6. The third-order valence-electron chi connectivity index (χ3n) is 5.71. The van der Waals surface area contributed by atoms with Gasteiger partial charge in [-0.3, -0.25) is 19.8 Å². The lowest BCUT2D eigenvalue weighted by atomic mass is 10.0. The van der Waals surface area contributed by atoms with E-state index in [1.54, 1.807) is 25.4 Å². The summed E-state index contributed by atoms with van der Waals surface area (Å²) in [7, 11) is 1.55. The van der Waals surface area contributed by atoms with Crippen LogP contribution >= 0.6 is 0 Å². The van der Waals surface area contributed by atoms with Crippen molar-refractivity contribution < 1.29 is 9.53 Å². The van der Waals surface area contributed by atoms with Crippen LogP contribution in [0.5, 0.6) is 5.88 Å². The molecule has 2 N–H and O–H groups in total. The van der Waals surface area contributed by atoms with Crippen molar-refractivity contribution in [1.29, 1.82) is 0 Å². The molecule has 5 rings (SSSR count). The van der Waals surface area contributed by atoms with Crippen LogP contribution in [0.15, 0.2) is 55.0 Å². The van der Waals surface area contributed by atoms with E-state index in [0.29, 0.717) is 17.3 Å². The average molecular weight is 428 g/mol. The monoisotopic (exact) mass is 428 g/mol. The van der Waals surface area contributed by atoms with Crippen molar-refractivity contribution >= 4 is 22.5 Å². The van der Waals surface area contributed by atoms with E-state index in [9.17, 15) is 4.79 Å². The van der Waals surface area contributed by atoms with Gasteiger partial charge in [0, 0.05) is 36.0 Å². The molecule has 1 fully saturated rings. The topological polar surface area (TPSA) is 96.0 Å². The number of fused-ring (bicyclic) bond motifs is 1. The lowest BCUT2D eigenvalue weighted by Crippen LogP contribution is -2.18. The maximum Gasteiger partial charge on any atom is 0.276 e.